The van der Waals surface area contributed by atoms with E-state index in [1.165, 1.54) is 51.6 Å². The first-order valence-corrected chi connectivity index (χ1v) is 9.09. The summed E-state index contributed by atoms with van der Waals surface area (Å²) in [6.07, 6.45) is 11.0. The van der Waals surface area contributed by atoms with Gasteiger partial charge in [0.1, 0.15) is 6.10 Å². The molecule has 3 rings (SSSR count). The summed E-state index contributed by atoms with van der Waals surface area (Å²) in [7, 11) is 2.31. The minimum Gasteiger partial charge on any atom is -0.462 e. The summed E-state index contributed by atoms with van der Waals surface area (Å²) in [6.45, 7) is 3.47. The van der Waals surface area contributed by atoms with E-state index in [4.69, 9.17) is 4.74 Å². The lowest BCUT2D eigenvalue weighted by atomic mass is 10.0. The van der Waals surface area contributed by atoms with Crippen molar-refractivity contribution in [3.63, 3.8) is 0 Å². The molecular weight excluding hydrogens is 264 g/mol. The third-order valence-corrected chi connectivity index (χ3v) is 6.04. The molecule has 3 aliphatic rings. The fourth-order valence-electron chi connectivity index (χ4n) is 4.63. The Kier molecular flexibility index (Phi) is 5.17. The zero-order valence-electron chi connectivity index (χ0n) is 13.5. The van der Waals surface area contributed by atoms with Gasteiger partial charge in [-0.2, -0.15) is 0 Å². The number of rotatable bonds is 4. The Balaban J connectivity index is 1.38. The number of fused-ring (bicyclic) bond motifs is 2. The molecule has 2 N–H and O–H groups in total. The molecule has 2 atom stereocenters. The van der Waals surface area contributed by atoms with Crippen LogP contribution in [-0.4, -0.2) is 50.8 Å². The molecule has 0 saturated carbocycles. The van der Waals surface area contributed by atoms with Crippen molar-refractivity contribution in [3.8, 4) is 0 Å². The molecule has 2 bridgehead atoms. The van der Waals surface area contributed by atoms with Crippen molar-refractivity contribution < 1.29 is 19.3 Å². The molecular formula is C17H32N2O2+2. The quantitative estimate of drug-likeness (QED) is 0.692. The number of nitrogens with one attached hydrogen (secondary N) is 2. The van der Waals surface area contributed by atoms with E-state index < -0.39 is 0 Å². The molecule has 120 valence electrons. The van der Waals surface area contributed by atoms with E-state index in [1.54, 1.807) is 9.80 Å². The zero-order valence-corrected chi connectivity index (χ0v) is 13.5. The standard InChI is InChI=1S/C17H30N2O2/c1-18-14-6-7-15(18)13-16(12-14)21-17(20)8-11-19-9-4-2-3-5-10-19/h14-16H,2-13H2,1H3/p+2. The Morgan fingerprint density at radius 1 is 1.05 bits per heavy atom. The molecule has 0 aromatic carbocycles. The van der Waals surface area contributed by atoms with Crippen LogP contribution in [0.15, 0.2) is 0 Å². The molecule has 0 radical (unpaired) electrons. The number of quaternary nitrogens is 2. The van der Waals surface area contributed by atoms with E-state index in [0.29, 0.717) is 6.42 Å². The molecule has 3 heterocycles. The topological polar surface area (TPSA) is 35.2 Å². The summed E-state index contributed by atoms with van der Waals surface area (Å²) in [6, 6.07) is 1.47. The first-order chi connectivity index (χ1) is 10.2. The fraction of sp³-hybridized carbons (Fsp3) is 0.941. The Morgan fingerprint density at radius 2 is 1.67 bits per heavy atom. The SMILES string of the molecule is C[NH+]1C2CCC1CC(OC(=O)CC[NH+]1CCCCCC1)C2. The summed E-state index contributed by atoms with van der Waals surface area (Å²) in [5, 5.41) is 0. The van der Waals surface area contributed by atoms with E-state index in [2.05, 4.69) is 7.05 Å². The molecule has 0 spiro atoms. The van der Waals surface area contributed by atoms with Gasteiger partial charge in [0.2, 0.25) is 0 Å². The average Bonchev–Trinajstić information content (AvgIpc) is 2.72. The van der Waals surface area contributed by atoms with Crippen LogP contribution in [0.4, 0.5) is 0 Å². The smallest absolute Gasteiger partial charge is 0.311 e. The second kappa shape index (κ2) is 7.10. The van der Waals surface area contributed by atoms with Crippen LogP contribution in [0.5, 0.6) is 0 Å². The Labute approximate surface area is 128 Å². The van der Waals surface area contributed by atoms with Gasteiger partial charge in [-0.25, -0.2) is 0 Å². The predicted molar refractivity (Wildman–Crippen MR) is 81.5 cm³/mol. The van der Waals surface area contributed by atoms with Crippen LogP contribution in [0.25, 0.3) is 0 Å². The van der Waals surface area contributed by atoms with Gasteiger partial charge in [-0.1, -0.05) is 0 Å². The highest BCUT2D eigenvalue weighted by Gasteiger charge is 2.43. The normalized spacial score (nSPS) is 37.2. The number of hydrogen-bond acceptors (Lipinski definition) is 2. The van der Waals surface area contributed by atoms with Crippen molar-refractivity contribution in [3.05, 3.63) is 0 Å². The van der Waals surface area contributed by atoms with E-state index in [9.17, 15) is 4.79 Å². The van der Waals surface area contributed by atoms with Gasteiger partial charge in [0.15, 0.2) is 0 Å². The number of carbonyl (C=O) groups excluding carboxylic acids is 1. The van der Waals surface area contributed by atoms with E-state index in [-0.39, 0.29) is 12.1 Å². The molecule has 4 nitrogen and oxygen atoms in total. The lowest BCUT2D eigenvalue weighted by Crippen LogP contribution is -3.15. The number of esters is 1. The summed E-state index contributed by atoms with van der Waals surface area (Å²) in [4.78, 5) is 15.4. The molecule has 0 aromatic heterocycles. The van der Waals surface area contributed by atoms with Gasteiger partial charge in [-0.3, -0.25) is 4.79 Å². The monoisotopic (exact) mass is 296 g/mol. The van der Waals surface area contributed by atoms with Gasteiger partial charge < -0.3 is 14.5 Å². The number of piperidine rings is 1. The van der Waals surface area contributed by atoms with Gasteiger partial charge in [-0.05, 0) is 25.7 Å². The minimum absolute atomic E-state index is 0.0516. The van der Waals surface area contributed by atoms with Gasteiger partial charge in [-0.15, -0.1) is 0 Å². The number of hydrogen-bond donors (Lipinski definition) is 2. The molecule has 0 aliphatic carbocycles. The second-order valence-electron chi connectivity index (χ2n) is 7.46. The van der Waals surface area contributed by atoms with E-state index >= 15 is 0 Å². The van der Waals surface area contributed by atoms with E-state index in [1.807, 2.05) is 0 Å². The van der Waals surface area contributed by atoms with Crippen LogP contribution >= 0.6 is 0 Å². The Hall–Kier alpha value is -0.610. The maximum absolute atomic E-state index is 12.1. The molecule has 0 amide bonds. The summed E-state index contributed by atoms with van der Waals surface area (Å²) in [5.41, 5.74) is 0. The maximum Gasteiger partial charge on any atom is 0.311 e. The lowest BCUT2D eigenvalue weighted by Gasteiger charge is -2.33. The largest absolute Gasteiger partial charge is 0.462 e. The molecule has 3 saturated heterocycles. The van der Waals surface area contributed by atoms with Crippen molar-refractivity contribution >= 4 is 5.97 Å². The van der Waals surface area contributed by atoms with Gasteiger partial charge in [0.05, 0.1) is 45.2 Å². The van der Waals surface area contributed by atoms with E-state index in [0.717, 1.165) is 31.5 Å². The predicted octanol–water partition coefficient (Wildman–Crippen LogP) is -0.413. The summed E-state index contributed by atoms with van der Waals surface area (Å²) >= 11 is 0. The Morgan fingerprint density at radius 3 is 2.29 bits per heavy atom. The lowest BCUT2D eigenvalue weighted by molar-refractivity contribution is -0.923. The van der Waals surface area contributed by atoms with Crippen molar-refractivity contribution in [1.29, 1.82) is 0 Å². The molecule has 3 fully saturated rings. The van der Waals surface area contributed by atoms with Gasteiger partial charge in [0.25, 0.3) is 0 Å². The van der Waals surface area contributed by atoms with Crippen LogP contribution in [0.3, 0.4) is 0 Å². The van der Waals surface area contributed by atoms with Crippen LogP contribution in [0.1, 0.15) is 57.8 Å². The third-order valence-electron chi connectivity index (χ3n) is 6.04. The maximum atomic E-state index is 12.1. The average molecular weight is 296 g/mol. The summed E-state index contributed by atoms with van der Waals surface area (Å²) < 4.78 is 5.78. The van der Waals surface area contributed by atoms with Crippen LogP contribution in [-0.2, 0) is 9.53 Å². The summed E-state index contributed by atoms with van der Waals surface area (Å²) in [5.74, 6) is 0.0516. The van der Waals surface area contributed by atoms with Crippen molar-refractivity contribution in [1.82, 2.24) is 0 Å². The first kappa shape index (κ1) is 15.3. The van der Waals surface area contributed by atoms with Crippen molar-refractivity contribution in [2.75, 3.05) is 26.7 Å². The van der Waals surface area contributed by atoms with Gasteiger partial charge in [0, 0.05) is 25.7 Å². The second-order valence-corrected chi connectivity index (χ2v) is 7.46. The molecule has 21 heavy (non-hydrogen) atoms. The number of ether oxygens (including phenoxy) is 1. The number of carbonyl (C=O) groups is 1. The van der Waals surface area contributed by atoms with Gasteiger partial charge >= 0.3 is 5.97 Å². The molecule has 4 heteroatoms. The Bertz CT molecular complexity index is 339. The molecule has 2 unspecified atom stereocenters. The van der Waals surface area contributed by atoms with Crippen molar-refractivity contribution in [2.45, 2.75) is 76.0 Å². The van der Waals surface area contributed by atoms with Crippen LogP contribution in [0, 0.1) is 0 Å². The highest BCUT2D eigenvalue weighted by atomic mass is 16.5. The van der Waals surface area contributed by atoms with Crippen LogP contribution < -0.4 is 9.80 Å². The highest BCUT2D eigenvalue weighted by molar-refractivity contribution is 5.69. The molecule has 3 aliphatic heterocycles. The number of likely N-dealkylation sites (tertiary alicyclic amines) is 1. The minimum atomic E-state index is 0.0516. The fourth-order valence-corrected chi connectivity index (χ4v) is 4.63. The molecule has 0 aromatic rings. The first-order valence-electron chi connectivity index (χ1n) is 9.09. The van der Waals surface area contributed by atoms with Crippen molar-refractivity contribution in [2.24, 2.45) is 0 Å². The highest BCUT2D eigenvalue weighted by Crippen LogP contribution is 2.24. The zero-order chi connectivity index (χ0) is 14.7. The third kappa shape index (κ3) is 3.98. The van der Waals surface area contributed by atoms with Crippen LogP contribution in [0.2, 0.25) is 0 Å².